The molecule has 1 aliphatic rings. The molecule has 1 saturated heterocycles. The first-order chi connectivity index (χ1) is 9.02. The lowest BCUT2D eigenvalue weighted by Gasteiger charge is -2.21. The van der Waals surface area contributed by atoms with Gasteiger partial charge in [0, 0.05) is 17.5 Å². The Morgan fingerprint density at radius 3 is 2.90 bits per heavy atom. The van der Waals surface area contributed by atoms with Crippen molar-refractivity contribution < 1.29 is 13.6 Å². The summed E-state index contributed by atoms with van der Waals surface area (Å²) in [4.78, 5) is 14.9. The zero-order valence-electron chi connectivity index (χ0n) is 10.9. The largest absolute Gasteiger partial charge is 0.335 e. The first-order valence-corrected chi connectivity index (χ1v) is 7.82. The first-order valence-electron chi connectivity index (χ1n) is 6.06. The molecule has 3 nitrogen and oxygen atoms in total. The highest BCUT2D eigenvalue weighted by molar-refractivity contribution is 7.99. The molecule has 0 spiro atoms. The third kappa shape index (κ3) is 3.84. The smallest absolute Gasteiger partial charge is 0.288 e. The highest BCUT2D eigenvalue weighted by Crippen LogP contribution is 2.34. The SMILES string of the molecule is CC1CC(CN)CN1C(=O)c1sccc1SC(F)F.Cl. The van der Waals surface area contributed by atoms with Gasteiger partial charge in [-0.05, 0) is 37.3 Å². The second-order valence-corrected chi connectivity index (χ2v) is 6.58. The lowest BCUT2D eigenvalue weighted by Crippen LogP contribution is -2.34. The van der Waals surface area contributed by atoms with E-state index >= 15 is 0 Å². The number of nitrogens with zero attached hydrogens (tertiary/aromatic N) is 1. The van der Waals surface area contributed by atoms with Gasteiger partial charge in [-0.1, -0.05) is 11.8 Å². The molecule has 2 unspecified atom stereocenters. The fourth-order valence-electron chi connectivity index (χ4n) is 2.37. The van der Waals surface area contributed by atoms with Gasteiger partial charge in [-0.3, -0.25) is 4.79 Å². The number of hydrogen-bond acceptors (Lipinski definition) is 4. The molecule has 114 valence electrons. The van der Waals surface area contributed by atoms with Crippen LogP contribution in [0.5, 0.6) is 0 Å². The highest BCUT2D eigenvalue weighted by atomic mass is 35.5. The highest BCUT2D eigenvalue weighted by Gasteiger charge is 2.33. The van der Waals surface area contributed by atoms with Gasteiger partial charge in [0.25, 0.3) is 11.7 Å². The molecule has 0 aromatic carbocycles. The number of alkyl halides is 2. The quantitative estimate of drug-likeness (QED) is 0.854. The fourth-order valence-corrected chi connectivity index (χ4v) is 4.02. The monoisotopic (exact) mass is 342 g/mol. The van der Waals surface area contributed by atoms with Crippen LogP contribution in [-0.4, -0.2) is 35.7 Å². The molecule has 2 heterocycles. The number of nitrogens with two attached hydrogens (primary N) is 1. The average molecular weight is 343 g/mol. The van der Waals surface area contributed by atoms with Crippen LogP contribution >= 0.6 is 35.5 Å². The number of amides is 1. The third-order valence-electron chi connectivity index (χ3n) is 3.29. The van der Waals surface area contributed by atoms with E-state index in [-0.39, 0.29) is 24.4 Å². The van der Waals surface area contributed by atoms with E-state index in [0.717, 1.165) is 6.42 Å². The first kappa shape index (κ1) is 17.7. The Bertz CT molecular complexity index is 458. The van der Waals surface area contributed by atoms with Crippen molar-refractivity contribution in [3.8, 4) is 0 Å². The van der Waals surface area contributed by atoms with E-state index in [1.165, 1.54) is 11.3 Å². The summed E-state index contributed by atoms with van der Waals surface area (Å²) in [6, 6.07) is 1.70. The van der Waals surface area contributed by atoms with E-state index in [1.54, 1.807) is 16.3 Å². The topological polar surface area (TPSA) is 46.3 Å². The van der Waals surface area contributed by atoms with Crippen LogP contribution in [0.15, 0.2) is 16.3 Å². The second kappa shape index (κ2) is 7.59. The minimum absolute atomic E-state index is 0. The van der Waals surface area contributed by atoms with Crippen molar-refractivity contribution in [2.45, 2.75) is 30.0 Å². The number of likely N-dealkylation sites (tertiary alicyclic amines) is 1. The molecule has 1 amide bonds. The van der Waals surface area contributed by atoms with E-state index in [9.17, 15) is 13.6 Å². The zero-order chi connectivity index (χ0) is 14.0. The van der Waals surface area contributed by atoms with Gasteiger partial charge in [0.1, 0.15) is 4.88 Å². The number of carbonyl (C=O) groups excluding carboxylic acids is 1. The van der Waals surface area contributed by atoms with Crippen molar-refractivity contribution in [2.75, 3.05) is 13.1 Å². The number of rotatable bonds is 4. The molecule has 2 rings (SSSR count). The van der Waals surface area contributed by atoms with Gasteiger partial charge in [-0.2, -0.15) is 8.78 Å². The van der Waals surface area contributed by atoms with Crippen LogP contribution in [0.4, 0.5) is 8.78 Å². The van der Waals surface area contributed by atoms with Crippen LogP contribution in [0.2, 0.25) is 0 Å². The van der Waals surface area contributed by atoms with Gasteiger partial charge in [-0.15, -0.1) is 23.7 Å². The zero-order valence-corrected chi connectivity index (χ0v) is 13.4. The summed E-state index contributed by atoms with van der Waals surface area (Å²) in [7, 11) is 0. The maximum atomic E-state index is 12.4. The lowest BCUT2D eigenvalue weighted by molar-refractivity contribution is 0.0745. The molecule has 2 atom stereocenters. The van der Waals surface area contributed by atoms with Crippen molar-refractivity contribution in [3.05, 3.63) is 16.3 Å². The van der Waals surface area contributed by atoms with Gasteiger partial charge in [0.05, 0.1) is 0 Å². The maximum Gasteiger partial charge on any atom is 0.288 e. The van der Waals surface area contributed by atoms with Gasteiger partial charge in [0.2, 0.25) is 0 Å². The third-order valence-corrected chi connectivity index (χ3v) is 5.10. The Labute approximate surface area is 131 Å². The average Bonchev–Trinajstić information content (AvgIpc) is 2.94. The van der Waals surface area contributed by atoms with Crippen LogP contribution in [0.3, 0.4) is 0 Å². The summed E-state index contributed by atoms with van der Waals surface area (Å²) in [5, 5.41) is 1.68. The maximum absolute atomic E-state index is 12.4. The Morgan fingerprint density at radius 1 is 1.65 bits per heavy atom. The number of carbonyl (C=O) groups is 1. The van der Waals surface area contributed by atoms with Crippen molar-refractivity contribution >= 4 is 41.4 Å². The van der Waals surface area contributed by atoms with Crippen molar-refractivity contribution in [1.82, 2.24) is 4.90 Å². The summed E-state index contributed by atoms with van der Waals surface area (Å²) >= 11 is 1.65. The normalized spacial score (nSPS) is 22.1. The standard InChI is InChI=1S/C12H16F2N2OS2.ClH/c1-7-4-8(5-15)6-16(7)11(17)10-9(2-3-18-10)19-12(13)14;/h2-3,7-8,12H,4-6,15H2,1H3;1H. The van der Waals surface area contributed by atoms with Crippen LogP contribution in [0.1, 0.15) is 23.0 Å². The molecule has 2 N–H and O–H groups in total. The minimum Gasteiger partial charge on any atom is -0.335 e. The van der Waals surface area contributed by atoms with Crippen LogP contribution < -0.4 is 5.73 Å². The lowest BCUT2D eigenvalue weighted by atomic mass is 10.1. The number of halogens is 3. The number of thioether (sulfide) groups is 1. The fraction of sp³-hybridized carbons (Fsp3) is 0.583. The summed E-state index contributed by atoms with van der Waals surface area (Å²) in [5.74, 6) is -2.35. The molecule has 1 fully saturated rings. The Balaban J connectivity index is 0.00000200. The molecule has 0 saturated carbocycles. The number of thiophene rings is 1. The van der Waals surface area contributed by atoms with Crippen molar-refractivity contribution in [2.24, 2.45) is 11.7 Å². The Hall–Kier alpha value is -0.370. The molecule has 1 aromatic rings. The Morgan fingerprint density at radius 2 is 2.35 bits per heavy atom. The van der Waals surface area contributed by atoms with Crippen LogP contribution in [-0.2, 0) is 0 Å². The molecular formula is C12H17ClF2N2OS2. The van der Waals surface area contributed by atoms with Crippen molar-refractivity contribution in [1.29, 1.82) is 0 Å². The molecule has 1 aliphatic heterocycles. The van der Waals surface area contributed by atoms with Gasteiger partial charge in [0.15, 0.2) is 0 Å². The summed E-state index contributed by atoms with van der Waals surface area (Å²) in [5.41, 5.74) is 5.63. The van der Waals surface area contributed by atoms with E-state index in [1.807, 2.05) is 6.92 Å². The predicted octanol–water partition coefficient (Wildman–Crippen LogP) is 3.29. The molecule has 0 radical (unpaired) electrons. The molecule has 0 aliphatic carbocycles. The van der Waals surface area contributed by atoms with Crippen LogP contribution in [0, 0.1) is 5.92 Å². The van der Waals surface area contributed by atoms with Gasteiger partial charge in [-0.25, -0.2) is 0 Å². The minimum atomic E-state index is -2.51. The van der Waals surface area contributed by atoms with E-state index in [0.29, 0.717) is 40.5 Å². The van der Waals surface area contributed by atoms with E-state index in [2.05, 4.69) is 0 Å². The predicted molar refractivity (Wildman–Crippen MR) is 81.1 cm³/mol. The molecule has 8 heteroatoms. The molecule has 0 bridgehead atoms. The van der Waals surface area contributed by atoms with Gasteiger partial charge < -0.3 is 10.6 Å². The summed E-state index contributed by atoms with van der Waals surface area (Å²) in [6.45, 7) is 3.14. The Kier molecular flexibility index (Phi) is 6.71. The molecule has 20 heavy (non-hydrogen) atoms. The van der Waals surface area contributed by atoms with Crippen LogP contribution in [0.25, 0.3) is 0 Å². The molecule has 1 aromatic heterocycles. The second-order valence-electron chi connectivity index (χ2n) is 4.64. The number of hydrogen-bond donors (Lipinski definition) is 1. The van der Waals surface area contributed by atoms with Gasteiger partial charge >= 0.3 is 0 Å². The molecular weight excluding hydrogens is 326 g/mol. The van der Waals surface area contributed by atoms with Crippen molar-refractivity contribution in [3.63, 3.8) is 0 Å². The van der Waals surface area contributed by atoms with E-state index in [4.69, 9.17) is 5.73 Å². The summed E-state index contributed by atoms with van der Waals surface area (Å²) in [6.07, 6.45) is 0.880. The van der Waals surface area contributed by atoms with E-state index < -0.39 is 5.76 Å². The summed E-state index contributed by atoms with van der Waals surface area (Å²) < 4.78 is 24.9.